The Morgan fingerprint density at radius 1 is 1.30 bits per heavy atom. The Bertz CT molecular complexity index is 817. The van der Waals surface area contributed by atoms with Crippen molar-refractivity contribution in [3.8, 4) is 0 Å². The molecule has 6 nitrogen and oxygen atoms in total. The Morgan fingerprint density at radius 2 is 2.17 bits per heavy atom. The average molecular weight is 328 g/mol. The number of rotatable bonds is 6. The number of thiazole rings is 1. The molecule has 0 aliphatic heterocycles. The number of fused-ring (bicyclic) bond motifs is 1. The molecule has 120 valence electrons. The summed E-state index contributed by atoms with van der Waals surface area (Å²) in [6.45, 7) is 5.17. The van der Waals surface area contributed by atoms with Gasteiger partial charge in [0.05, 0.1) is 10.7 Å². The minimum atomic E-state index is 0.500. The number of aromatic nitrogens is 5. The molecular formula is C16H20N6S. The second kappa shape index (κ2) is 5.88. The number of hydrogen-bond acceptors (Lipinski definition) is 6. The van der Waals surface area contributed by atoms with Gasteiger partial charge in [-0.3, -0.25) is 0 Å². The number of nitrogens with one attached hydrogen (secondary N) is 1. The molecule has 1 N–H and O–H groups in total. The van der Waals surface area contributed by atoms with Gasteiger partial charge in [0.25, 0.3) is 0 Å². The van der Waals surface area contributed by atoms with Crippen LogP contribution in [0.1, 0.15) is 55.1 Å². The van der Waals surface area contributed by atoms with Gasteiger partial charge in [-0.15, -0.1) is 26.6 Å². The van der Waals surface area contributed by atoms with Gasteiger partial charge in [0, 0.05) is 30.2 Å². The zero-order chi connectivity index (χ0) is 15.8. The van der Waals surface area contributed by atoms with Crippen molar-refractivity contribution in [3.05, 3.63) is 34.0 Å². The molecule has 0 unspecified atom stereocenters. The average Bonchev–Trinajstić information content (AvgIpc) is 3.11. The molecule has 1 aliphatic rings. The molecule has 1 fully saturated rings. The zero-order valence-corrected chi connectivity index (χ0v) is 14.2. The number of nitrogens with zero attached hydrogens (tertiary/aromatic N) is 5. The first-order valence-corrected chi connectivity index (χ1v) is 8.99. The topological polar surface area (TPSA) is 68.0 Å². The first-order chi connectivity index (χ1) is 11.2. The van der Waals surface area contributed by atoms with Crippen molar-refractivity contribution >= 4 is 22.8 Å². The maximum Gasteiger partial charge on any atom is 0.178 e. The van der Waals surface area contributed by atoms with E-state index in [1.807, 2.05) is 16.6 Å². The molecule has 3 aromatic rings. The van der Waals surface area contributed by atoms with E-state index in [1.165, 1.54) is 17.8 Å². The SMILES string of the molecule is CC(C)c1nc(CCNc2ccc3nnc(C4CC4)n3n2)cs1. The summed E-state index contributed by atoms with van der Waals surface area (Å²) in [5.74, 6) is 2.89. The van der Waals surface area contributed by atoms with Gasteiger partial charge >= 0.3 is 0 Å². The molecule has 0 saturated heterocycles. The lowest BCUT2D eigenvalue weighted by Crippen LogP contribution is -2.09. The van der Waals surface area contributed by atoms with Crippen LogP contribution in [0.4, 0.5) is 5.82 Å². The molecule has 3 heterocycles. The Balaban J connectivity index is 1.42. The third-order valence-electron chi connectivity index (χ3n) is 3.98. The van der Waals surface area contributed by atoms with Crippen LogP contribution in [0.25, 0.3) is 5.65 Å². The largest absolute Gasteiger partial charge is 0.368 e. The van der Waals surface area contributed by atoms with Crippen LogP contribution in [0.5, 0.6) is 0 Å². The van der Waals surface area contributed by atoms with Gasteiger partial charge in [-0.05, 0) is 25.0 Å². The molecule has 1 saturated carbocycles. The highest BCUT2D eigenvalue weighted by atomic mass is 32.1. The van der Waals surface area contributed by atoms with Crippen LogP contribution in [0.15, 0.2) is 17.5 Å². The van der Waals surface area contributed by atoms with Crippen molar-refractivity contribution in [2.45, 2.75) is 44.9 Å². The van der Waals surface area contributed by atoms with E-state index in [4.69, 9.17) is 0 Å². The van der Waals surface area contributed by atoms with Crippen molar-refractivity contribution in [2.24, 2.45) is 0 Å². The molecule has 4 rings (SSSR count). The minimum Gasteiger partial charge on any atom is -0.368 e. The van der Waals surface area contributed by atoms with E-state index in [0.29, 0.717) is 11.8 Å². The first-order valence-electron chi connectivity index (χ1n) is 8.11. The highest BCUT2D eigenvalue weighted by molar-refractivity contribution is 7.09. The Kier molecular flexibility index (Phi) is 3.72. The number of hydrogen-bond donors (Lipinski definition) is 1. The molecule has 0 amide bonds. The molecule has 23 heavy (non-hydrogen) atoms. The quantitative estimate of drug-likeness (QED) is 0.752. The van der Waals surface area contributed by atoms with Gasteiger partial charge in [0.1, 0.15) is 5.82 Å². The van der Waals surface area contributed by atoms with Gasteiger partial charge in [-0.1, -0.05) is 13.8 Å². The van der Waals surface area contributed by atoms with E-state index in [2.05, 4.69) is 44.8 Å². The van der Waals surface area contributed by atoms with Crippen molar-refractivity contribution < 1.29 is 0 Å². The Hall–Kier alpha value is -2.02. The fourth-order valence-corrected chi connectivity index (χ4v) is 3.39. The van der Waals surface area contributed by atoms with Crippen molar-refractivity contribution in [1.29, 1.82) is 0 Å². The molecule has 3 aromatic heterocycles. The summed E-state index contributed by atoms with van der Waals surface area (Å²) < 4.78 is 1.87. The van der Waals surface area contributed by atoms with E-state index < -0.39 is 0 Å². The van der Waals surface area contributed by atoms with Gasteiger partial charge in [-0.25, -0.2) is 4.98 Å². The lowest BCUT2D eigenvalue weighted by atomic mass is 10.2. The van der Waals surface area contributed by atoms with Crippen LogP contribution in [0.3, 0.4) is 0 Å². The predicted octanol–water partition coefficient (Wildman–Crippen LogP) is 3.24. The number of anilines is 1. The van der Waals surface area contributed by atoms with Crippen LogP contribution >= 0.6 is 11.3 Å². The van der Waals surface area contributed by atoms with Gasteiger partial charge < -0.3 is 5.32 Å². The second-order valence-corrected chi connectivity index (χ2v) is 7.22. The van der Waals surface area contributed by atoms with Crippen LogP contribution in [-0.4, -0.2) is 31.3 Å². The molecule has 0 aromatic carbocycles. The summed E-state index contributed by atoms with van der Waals surface area (Å²) in [5.41, 5.74) is 1.97. The summed E-state index contributed by atoms with van der Waals surface area (Å²) in [6.07, 6.45) is 3.30. The van der Waals surface area contributed by atoms with Gasteiger partial charge in [-0.2, -0.15) is 4.52 Å². The van der Waals surface area contributed by atoms with E-state index in [9.17, 15) is 0 Å². The highest BCUT2D eigenvalue weighted by Gasteiger charge is 2.29. The van der Waals surface area contributed by atoms with Gasteiger partial charge in [0.15, 0.2) is 11.5 Å². The Labute approximate surface area is 139 Å². The molecule has 0 spiro atoms. The minimum absolute atomic E-state index is 0.500. The van der Waals surface area contributed by atoms with Crippen LogP contribution in [0.2, 0.25) is 0 Å². The lowest BCUT2D eigenvalue weighted by molar-refractivity contribution is 0.810. The van der Waals surface area contributed by atoms with E-state index in [-0.39, 0.29) is 0 Å². The molecule has 0 bridgehead atoms. The molecule has 1 aliphatic carbocycles. The fraction of sp³-hybridized carbons (Fsp3) is 0.500. The summed E-state index contributed by atoms with van der Waals surface area (Å²) in [5, 5.41) is 19.8. The molecule has 0 atom stereocenters. The van der Waals surface area contributed by atoms with E-state index in [0.717, 1.165) is 35.9 Å². The molecular weight excluding hydrogens is 308 g/mol. The van der Waals surface area contributed by atoms with Gasteiger partial charge in [0.2, 0.25) is 0 Å². The maximum atomic E-state index is 4.66. The zero-order valence-electron chi connectivity index (χ0n) is 13.4. The van der Waals surface area contributed by atoms with Crippen molar-refractivity contribution in [3.63, 3.8) is 0 Å². The van der Waals surface area contributed by atoms with E-state index in [1.54, 1.807) is 11.3 Å². The fourth-order valence-electron chi connectivity index (χ4n) is 2.52. The Morgan fingerprint density at radius 3 is 2.91 bits per heavy atom. The highest BCUT2D eigenvalue weighted by Crippen LogP contribution is 2.38. The van der Waals surface area contributed by atoms with Crippen molar-refractivity contribution in [1.82, 2.24) is 24.8 Å². The van der Waals surface area contributed by atoms with Crippen LogP contribution < -0.4 is 5.32 Å². The van der Waals surface area contributed by atoms with Crippen LogP contribution in [-0.2, 0) is 6.42 Å². The monoisotopic (exact) mass is 328 g/mol. The summed E-state index contributed by atoms with van der Waals surface area (Å²) in [4.78, 5) is 4.66. The third kappa shape index (κ3) is 3.06. The molecule has 0 radical (unpaired) electrons. The third-order valence-corrected chi connectivity index (χ3v) is 5.17. The van der Waals surface area contributed by atoms with E-state index >= 15 is 0 Å². The first kappa shape index (κ1) is 14.6. The normalized spacial score (nSPS) is 14.7. The summed E-state index contributed by atoms with van der Waals surface area (Å²) in [7, 11) is 0. The summed E-state index contributed by atoms with van der Waals surface area (Å²) >= 11 is 1.74. The summed E-state index contributed by atoms with van der Waals surface area (Å²) in [6, 6.07) is 3.93. The second-order valence-electron chi connectivity index (χ2n) is 6.33. The lowest BCUT2D eigenvalue weighted by Gasteiger charge is -2.05. The maximum absolute atomic E-state index is 4.66. The molecule has 7 heteroatoms. The van der Waals surface area contributed by atoms with Crippen LogP contribution in [0, 0.1) is 0 Å². The standard InChI is InChI=1S/C16H20N6S/c1-10(2)16-18-12(9-23-16)7-8-17-13-5-6-14-19-20-15(11-3-4-11)22(14)21-13/h5-6,9-11H,3-4,7-8H2,1-2H3,(H,17,21). The van der Waals surface area contributed by atoms with Crippen molar-refractivity contribution in [2.75, 3.05) is 11.9 Å². The predicted molar refractivity (Wildman–Crippen MR) is 91.2 cm³/mol. The smallest absolute Gasteiger partial charge is 0.178 e.